The fourth-order valence-electron chi connectivity index (χ4n) is 3.38. The van der Waals surface area contributed by atoms with Gasteiger partial charge in [-0.25, -0.2) is 4.98 Å². The molecule has 0 saturated carbocycles. The lowest BCUT2D eigenvalue weighted by Crippen LogP contribution is -2.27. The van der Waals surface area contributed by atoms with Crippen LogP contribution in [0.4, 0.5) is 11.5 Å². The van der Waals surface area contributed by atoms with Gasteiger partial charge in [0, 0.05) is 30.6 Å². The molecule has 8 nitrogen and oxygen atoms in total. The normalized spacial score (nSPS) is 12.5. The number of halogens is 1. The minimum absolute atomic E-state index is 0.0422. The van der Waals surface area contributed by atoms with Crippen molar-refractivity contribution in [3.05, 3.63) is 52.3 Å². The zero-order valence-electron chi connectivity index (χ0n) is 19.0. The van der Waals surface area contributed by atoms with Gasteiger partial charge in [-0.05, 0) is 66.0 Å². The summed E-state index contributed by atoms with van der Waals surface area (Å²) in [7, 11) is 3.72. The van der Waals surface area contributed by atoms with Crippen LogP contribution in [0.1, 0.15) is 25.1 Å². The molecule has 0 aliphatic heterocycles. The van der Waals surface area contributed by atoms with Gasteiger partial charge in [-0.1, -0.05) is 26.0 Å². The number of hydrogen-bond donors (Lipinski definition) is 3. The maximum atomic E-state index is 11.9. The van der Waals surface area contributed by atoms with Crippen LogP contribution in [0.3, 0.4) is 0 Å². The first-order chi connectivity index (χ1) is 15.3. The summed E-state index contributed by atoms with van der Waals surface area (Å²) in [6, 6.07) is 9.76. The molecule has 0 spiro atoms. The van der Waals surface area contributed by atoms with Gasteiger partial charge in [-0.2, -0.15) is 9.61 Å². The number of carbonyl (C=O) groups excluding carboxylic acids is 1. The Morgan fingerprint density at radius 1 is 1.25 bits per heavy atom. The zero-order valence-corrected chi connectivity index (χ0v) is 20.6. The molecule has 3 aromatic rings. The van der Waals surface area contributed by atoms with E-state index >= 15 is 0 Å². The minimum atomic E-state index is -0.0422. The van der Waals surface area contributed by atoms with Crippen LogP contribution in [0.5, 0.6) is 0 Å². The van der Waals surface area contributed by atoms with Gasteiger partial charge in [0.1, 0.15) is 5.82 Å². The lowest BCUT2D eigenvalue weighted by Gasteiger charge is -2.18. The summed E-state index contributed by atoms with van der Waals surface area (Å²) < 4.78 is 2.59. The fourth-order valence-corrected chi connectivity index (χ4v) is 3.73. The number of likely N-dealkylation sites (N-methyl/N-ethyl adjacent to an activating group) is 1. The third-order valence-electron chi connectivity index (χ3n) is 5.30. The topological polar surface area (TPSA) is 94.8 Å². The smallest absolute Gasteiger partial charge is 0.238 e. The van der Waals surface area contributed by atoms with Crippen molar-refractivity contribution < 1.29 is 9.90 Å². The van der Waals surface area contributed by atoms with E-state index < -0.39 is 0 Å². The van der Waals surface area contributed by atoms with Gasteiger partial charge >= 0.3 is 0 Å². The first-order valence-electron chi connectivity index (χ1n) is 10.7. The van der Waals surface area contributed by atoms with Crippen molar-refractivity contribution in [2.75, 3.05) is 37.9 Å². The fraction of sp³-hybridized carbons (Fsp3) is 0.435. The summed E-state index contributed by atoms with van der Waals surface area (Å²) >= 11 is 3.53. The van der Waals surface area contributed by atoms with Gasteiger partial charge in [-0.15, -0.1) is 0 Å². The quantitative estimate of drug-likeness (QED) is 0.393. The highest BCUT2D eigenvalue weighted by Gasteiger charge is 2.17. The second-order valence-electron chi connectivity index (χ2n) is 8.59. The largest absolute Gasteiger partial charge is 0.396 e. The van der Waals surface area contributed by atoms with E-state index in [1.165, 1.54) is 0 Å². The minimum Gasteiger partial charge on any atom is -0.396 e. The van der Waals surface area contributed by atoms with Crippen LogP contribution in [0.15, 0.2) is 41.0 Å². The number of fused-ring (bicyclic) bond motifs is 1. The van der Waals surface area contributed by atoms with Gasteiger partial charge < -0.3 is 20.6 Å². The second-order valence-corrected chi connectivity index (χ2v) is 9.44. The van der Waals surface area contributed by atoms with Crippen LogP contribution in [0.25, 0.3) is 5.65 Å². The predicted molar refractivity (Wildman–Crippen MR) is 131 cm³/mol. The van der Waals surface area contributed by atoms with Crippen molar-refractivity contribution in [2.45, 2.75) is 26.8 Å². The molecule has 0 radical (unpaired) electrons. The van der Waals surface area contributed by atoms with Gasteiger partial charge in [-0.3, -0.25) is 4.79 Å². The van der Waals surface area contributed by atoms with E-state index in [1.807, 2.05) is 49.3 Å². The molecule has 1 aromatic carbocycles. The van der Waals surface area contributed by atoms with Crippen LogP contribution in [-0.4, -0.2) is 57.8 Å². The number of carbonyl (C=O) groups is 1. The molecule has 2 aromatic heterocycles. The number of aliphatic hydroxyl groups excluding tert-OH is 1. The number of benzene rings is 1. The standard InChI is InChI=1S/C23H31BrN6O2/c1-15(2)17(14-31)9-19-10-21(30-23(28-19)20(24)12-26-30)25-11-16-5-7-18(8-6-16)27-22(32)13-29(3)4/h5-8,10,12,15,17,25,31H,9,11,13-14H2,1-4H3,(H,27,32)/t17-/m1/s1. The monoisotopic (exact) mass is 502 g/mol. The van der Waals surface area contributed by atoms with Crippen molar-refractivity contribution >= 4 is 39.0 Å². The molecule has 0 saturated heterocycles. The van der Waals surface area contributed by atoms with Crippen molar-refractivity contribution in [3.63, 3.8) is 0 Å². The lowest BCUT2D eigenvalue weighted by molar-refractivity contribution is -0.116. The molecule has 1 amide bonds. The van der Waals surface area contributed by atoms with E-state index in [0.29, 0.717) is 25.4 Å². The summed E-state index contributed by atoms with van der Waals surface area (Å²) in [6.07, 6.45) is 2.42. The van der Waals surface area contributed by atoms with E-state index in [1.54, 1.807) is 10.7 Å². The van der Waals surface area contributed by atoms with Crippen LogP contribution in [-0.2, 0) is 17.8 Å². The van der Waals surface area contributed by atoms with Crippen LogP contribution in [0.2, 0.25) is 0 Å². The summed E-state index contributed by atoms with van der Waals surface area (Å²) in [5, 5.41) is 20.5. The molecule has 0 unspecified atom stereocenters. The number of aliphatic hydroxyl groups is 1. The highest BCUT2D eigenvalue weighted by atomic mass is 79.9. The maximum absolute atomic E-state index is 11.9. The Bertz CT molecular complexity index is 1050. The average Bonchev–Trinajstić information content (AvgIpc) is 3.11. The van der Waals surface area contributed by atoms with E-state index in [-0.39, 0.29) is 18.4 Å². The van der Waals surface area contributed by atoms with E-state index in [0.717, 1.165) is 32.9 Å². The average molecular weight is 503 g/mol. The van der Waals surface area contributed by atoms with Crippen molar-refractivity contribution in [3.8, 4) is 0 Å². The first-order valence-corrected chi connectivity index (χ1v) is 11.5. The first kappa shape index (κ1) is 24.2. The highest BCUT2D eigenvalue weighted by Crippen LogP contribution is 2.24. The Morgan fingerprint density at radius 3 is 2.59 bits per heavy atom. The summed E-state index contributed by atoms with van der Waals surface area (Å²) in [5.74, 6) is 1.30. The number of hydrogen-bond acceptors (Lipinski definition) is 6. The number of anilines is 2. The Balaban J connectivity index is 1.73. The molecule has 1 atom stereocenters. The SMILES string of the molecule is CC(C)[C@@H](CO)Cc1cc(NCc2ccc(NC(=O)CN(C)C)cc2)n2ncc(Br)c2n1. The lowest BCUT2D eigenvalue weighted by atomic mass is 9.92. The number of rotatable bonds is 10. The summed E-state index contributed by atoms with van der Waals surface area (Å²) in [4.78, 5) is 18.5. The van der Waals surface area contributed by atoms with E-state index in [9.17, 15) is 9.90 Å². The molecule has 9 heteroatoms. The van der Waals surface area contributed by atoms with Gasteiger partial charge in [0.15, 0.2) is 5.65 Å². The van der Waals surface area contributed by atoms with Crippen LogP contribution < -0.4 is 10.6 Å². The predicted octanol–water partition coefficient (Wildman–Crippen LogP) is 3.41. The van der Waals surface area contributed by atoms with Crippen LogP contribution >= 0.6 is 15.9 Å². The third-order valence-corrected chi connectivity index (χ3v) is 5.86. The number of nitrogens with zero attached hydrogens (tertiary/aromatic N) is 4. The zero-order chi connectivity index (χ0) is 23.3. The Labute approximate surface area is 197 Å². The van der Waals surface area contributed by atoms with Crippen molar-refractivity contribution in [1.82, 2.24) is 19.5 Å². The Morgan fingerprint density at radius 2 is 1.97 bits per heavy atom. The number of nitrogens with one attached hydrogen (secondary N) is 2. The third kappa shape index (κ3) is 6.27. The molecular weight excluding hydrogens is 472 g/mol. The summed E-state index contributed by atoms with van der Waals surface area (Å²) in [6.45, 7) is 5.29. The van der Waals surface area contributed by atoms with E-state index in [2.05, 4.69) is 45.5 Å². The Kier molecular flexibility index (Phi) is 8.22. The molecule has 3 rings (SSSR count). The highest BCUT2D eigenvalue weighted by molar-refractivity contribution is 9.10. The molecule has 32 heavy (non-hydrogen) atoms. The number of amides is 1. The van der Waals surface area contributed by atoms with Crippen molar-refractivity contribution in [1.29, 1.82) is 0 Å². The molecular formula is C23H31BrN6O2. The van der Waals surface area contributed by atoms with Gasteiger partial charge in [0.05, 0.1) is 17.2 Å². The second kappa shape index (κ2) is 10.9. The van der Waals surface area contributed by atoms with Crippen molar-refractivity contribution in [2.24, 2.45) is 11.8 Å². The molecule has 172 valence electrons. The Hall–Kier alpha value is -2.49. The molecule has 0 fully saturated rings. The maximum Gasteiger partial charge on any atom is 0.238 e. The summed E-state index contributed by atoms with van der Waals surface area (Å²) in [5.41, 5.74) is 3.50. The van der Waals surface area contributed by atoms with Gasteiger partial charge in [0.2, 0.25) is 5.91 Å². The van der Waals surface area contributed by atoms with Gasteiger partial charge in [0.25, 0.3) is 0 Å². The molecule has 0 aliphatic carbocycles. The molecule has 2 heterocycles. The molecule has 3 N–H and O–H groups in total. The van der Waals surface area contributed by atoms with Crippen LogP contribution in [0, 0.1) is 11.8 Å². The number of aromatic nitrogens is 3. The van der Waals surface area contributed by atoms with E-state index in [4.69, 9.17) is 4.98 Å². The molecule has 0 bridgehead atoms. The molecule has 0 aliphatic rings.